The number of hydrogen-bond acceptors (Lipinski definition) is 5. The van der Waals surface area contributed by atoms with Crippen molar-refractivity contribution in [3.8, 4) is 0 Å². The van der Waals surface area contributed by atoms with Crippen molar-refractivity contribution >= 4 is 27.6 Å². The molecular weight excluding hydrogens is 318 g/mol. The molecule has 0 spiro atoms. The first-order chi connectivity index (χ1) is 9.47. The van der Waals surface area contributed by atoms with Crippen LogP contribution in [0.5, 0.6) is 0 Å². The number of hydrogen-bond donors (Lipinski definition) is 2. The number of rotatable bonds is 8. The molecule has 2 N–H and O–H groups in total. The van der Waals surface area contributed by atoms with E-state index in [-0.39, 0.29) is 0 Å². The maximum atomic E-state index is 4.28. The summed E-state index contributed by atoms with van der Waals surface area (Å²) in [4.78, 5) is 10.9. The molecular formula is C14H26BrN5. The first-order valence-corrected chi connectivity index (χ1v) is 8.00. The van der Waals surface area contributed by atoms with E-state index in [2.05, 4.69) is 69.1 Å². The van der Waals surface area contributed by atoms with E-state index in [4.69, 9.17) is 0 Å². The van der Waals surface area contributed by atoms with Crippen molar-refractivity contribution in [1.29, 1.82) is 0 Å². The summed E-state index contributed by atoms with van der Waals surface area (Å²) in [7, 11) is 0. The van der Waals surface area contributed by atoms with Crippen molar-refractivity contribution in [2.75, 3.05) is 30.3 Å². The van der Waals surface area contributed by atoms with Crippen molar-refractivity contribution in [1.82, 2.24) is 14.9 Å². The summed E-state index contributed by atoms with van der Waals surface area (Å²) in [6.45, 7) is 13.6. The lowest BCUT2D eigenvalue weighted by Gasteiger charge is -2.30. The van der Waals surface area contributed by atoms with Crippen LogP contribution >= 0.6 is 15.9 Å². The Hall–Kier alpha value is -0.880. The molecule has 0 unspecified atom stereocenters. The molecule has 0 fully saturated rings. The lowest BCUT2D eigenvalue weighted by atomic mass is 10.2. The standard InChI is InChI=1S/C14H26BrN5/c1-6-16-13-12(15)14(19-9-18-13)17-7-8-20(10(2)3)11(4)5/h9-11H,6-8H2,1-5H3,(H2,16,17,18,19). The highest BCUT2D eigenvalue weighted by molar-refractivity contribution is 9.10. The summed E-state index contributed by atoms with van der Waals surface area (Å²) >= 11 is 3.54. The lowest BCUT2D eigenvalue weighted by Crippen LogP contribution is -2.40. The molecule has 0 atom stereocenters. The van der Waals surface area contributed by atoms with Crippen LogP contribution in [-0.4, -0.2) is 46.6 Å². The van der Waals surface area contributed by atoms with Crippen LogP contribution in [0, 0.1) is 0 Å². The molecule has 6 heteroatoms. The summed E-state index contributed by atoms with van der Waals surface area (Å²) in [6, 6.07) is 1.09. The summed E-state index contributed by atoms with van der Waals surface area (Å²) in [5.74, 6) is 1.66. The van der Waals surface area contributed by atoms with Gasteiger partial charge in [0.2, 0.25) is 0 Å². The van der Waals surface area contributed by atoms with Crippen LogP contribution in [0.1, 0.15) is 34.6 Å². The van der Waals surface area contributed by atoms with Gasteiger partial charge in [-0.15, -0.1) is 0 Å². The van der Waals surface area contributed by atoms with Crippen molar-refractivity contribution < 1.29 is 0 Å². The molecule has 1 aromatic rings. The summed E-state index contributed by atoms with van der Waals surface area (Å²) in [5.41, 5.74) is 0. The van der Waals surface area contributed by atoms with Crippen LogP contribution in [0.3, 0.4) is 0 Å². The van der Waals surface area contributed by atoms with Gasteiger partial charge in [0, 0.05) is 31.7 Å². The summed E-state index contributed by atoms with van der Waals surface area (Å²) in [5, 5.41) is 6.58. The van der Waals surface area contributed by atoms with E-state index < -0.39 is 0 Å². The fraction of sp³-hybridized carbons (Fsp3) is 0.714. The molecule has 0 saturated heterocycles. The van der Waals surface area contributed by atoms with E-state index in [1.54, 1.807) is 6.33 Å². The van der Waals surface area contributed by atoms with Crippen LogP contribution in [0.4, 0.5) is 11.6 Å². The van der Waals surface area contributed by atoms with Gasteiger partial charge < -0.3 is 10.6 Å². The number of nitrogens with zero attached hydrogens (tertiary/aromatic N) is 3. The maximum Gasteiger partial charge on any atom is 0.145 e. The number of anilines is 2. The molecule has 0 aliphatic rings. The van der Waals surface area contributed by atoms with Gasteiger partial charge in [-0.1, -0.05) is 0 Å². The predicted octanol–water partition coefficient (Wildman–Crippen LogP) is 3.20. The molecule has 0 aliphatic carbocycles. The molecule has 0 bridgehead atoms. The van der Waals surface area contributed by atoms with Crippen molar-refractivity contribution in [3.63, 3.8) is 0 Å². The zero-order valence-electron chi connectivity index (χ0n) is 13.1. The fourth-order valence-corrected chi connectivity index (χ4v) is 2.68. The number of aromatic nitrogens is 2. The Balaban J connectivity index is 2.59. The van der Waals surface area contributed by atoms with Crippen molar-refractivity contribution in [2.45, 2.75) is 46.7 Å². The topological polar surface area (TPSA) is 53.1 Å². The van der Waals surface area contributed by atoms with Crippen LogP contribution in [0.2, 0.25) is 0 Å². The zero-order chi connectivity index (χ0) is 15.1. The first-order valence-electron chi connectivity index (χ1n) is 7.21. The van der Waals surface area contributed by atoms with Crippen molar-refractivity contribution in [2.24, 2.45) is 0 Å². The van der Waals surface area contributed by atoms with Gasteiger partial charge in [0.1, 0.15) is 22.4 Å². The van der Waals surface area contributed by atoms with E-state index >= 15 is 0 Å². The molecule has 5 nitrogen and oxygen atoms in total. The summed E-state index contributed by atoms with van der Waals surface area (Å²) < 4.78 is 0.891. The summed E-state index contributed by atoms with van der Waals surface area (Å²) in [6.07, 6.45) is 1.58. The molecule has 0 radical (unpaired) electrons. The Morgan fingerprint density at radius 2 is 1.65 bits per heavy atom. The Morgan fingerprint density at radius 1 is 1.10 bits per heavy atom. The zero-order valence-corrected chi connectivity index (χ0v) is 14.7. The number of nitrogens with one attached hydrogen (secondary N) is 2. The smallest absolute Gasteiger partial charge is 0.145 e. The molecule has 1 heterocycles. The molecule has 0 amide bonds. The van der Waals surface area contributed by atoms with Crippen LogP contribution < -0.4 is 10.6 Å². The van der Waals surface area contributed by atoms with Crippen LogP contribution in [-0.2, 0) is 0 Å². The van der Waals surface area contributed by atoms with Crippen LogP contribution in [0.15, 0.2) is 10.8 Å². The van der Waals surface area contributed by atoms with E-state index in [0.717, 1.165) is 35.7 Å². The van der Waals surface area contributed by atoms with Gasteiger partial charge in [0.15, 0.2) is 0 Å². The Bertz CT molecular complexity index is 401. The molecule has 114 valence electrons. The highest BCUT2D eigenvalue weighted by Crippen LogP contribution is 2.26. The van der Waals surface area contributed by atoms with E-state index in [1.807, 2.05) is 6.92 Å². The molecule has 0 aliphatic heterocycles. The van der Waals surface area contributed by atoms with Gasteiger partial charge in [-0.05, 0) is 50.5 Å². The molecule has 0 saturated carbocycles. The fourth-order valence-electron chi connectivity index (χ4n) is 2.20. The van der Waals surface area contributed by atoms with Gasteiger partial charge >= 0.3 is 0 Å². The molecule has 0 aromatic carbocycles. The van der Waals surface area contributed by atoms with E-state index in [1.165, 1.54) is 0 Å². The van der Waals surface area contributed by atoms with E-state index in [9.17, 15) is 0 Å². The third-order valence-corrected chi connectivity index (χ3v) is 3.87. The minimum Gasteiger partial charge on any atom is -0.369 e. The molecule has 1 aromatic heterocycles. The first kappa shape index (κ1) is 17.2. The predicted molar refractivity (Wildman–Crippen MR) is 89.4 cm³/mol. The maximum absolute atomic E-state index is 4.28. The van der Waals surface area contributed by atoms with Gasteiger partial charge in [-0.3, -0.25) is 4.90 Å². The minimum atomic E-state index is 0.544. The van der Waals surface area contributed by atoms with Crippen molar-refractivity contribution in [3.05, 3.63) is 10.8 Å². The highest BCUT2D eigenvalue weighted by atomic mass is 79.9. The average Bonchev–Trinajstić information content (AvgIpc) is 2.38. The van der Waals surface area contributed by atoms with Gasteiger partial charge in [-0.25, -0.2) is 9.97 Å². The Morgan fingerprint density at radius 3 is 2.15 bits per heavy atom. The van der Waals surface area contributed by atoms with Gasteiger partial charge in [-0.2, -0.15) is 0 Å². The van der Waals surface area contributed by atoms with E-state index in [0.29, 0.717) is 12.1 Å². The highest BCUT2D eigenvalue weighted by Gasteiger charge is 2.13. The largest absolute Gasteiger partial charge is 0.369 e. The molecule has 20 heavy (non-hydrogen) atoms. The quantitative estimate of drug-likeness (QED) is 0.759. The number of halogens is 1. The SMILES string of the molecule is CCNc1ncnc(NCCN(C(C)C)C(C)C)c1Br. The average molecular weight is 344 g/mol. The Labute approximate surface area is 130 Å². The van der Waals surface area contributed by atoms with Crippen LogP contribution in [0.25, 0.3) is 0 Å². The second kappa shape index (κ2) is 8.42. The van der Waals surface area contributed by atoms with Gasteiger partial charge in [0.05, 0.1) is 0 Å². The lowest BCUT2D eigenvalue weighted by molar-refractivity contribution is 0.182. The second-order valence-electron chi connectivity index (χ2n) is 5.27. The third-order valence-electron chi connectivity index (χ3n) is 3.12. The monoisotopic (exact) mass is 343 g/mol. The Kier molecular flexibility index (Phi) is 7.23. The normalized spacial score (nSPS) is 11.4. The second-order valence-corrected chi connectivity index (χ2v) is 6.06. The minimum absolute atomic E-state index is 0.544. The molecule has 1 rings (SSSR count). The van der Waals surface area contributed by atoms with Gasteiger partial charge in [0.25, 0.3) is 0 Å². The third kappa shape index (κ3) is 4.90.